The zero-order chi connectivity index (χ0) is 32.2. The zero-order valence-corrected chi connectivity index (χ0v) is 24.0. The van der Waals surface area contributed by atoms with Crippen molar-refractivity contribution in [3.05, 3.63) is 96.1 Å². The molecule has 0 heterocycles. The summed E-state index contributed by atoms with van der Waals surface area (Å²) in [4.78, 5) is 0. The van der Waals surface area contributed by atoms with E-state index in [0.717, 1.165) is 9.44 Å². The SMILES string of the molecule is O=S(=O)(Nc1ccc(F)[c]([Ti]([c]2c(F)ccc(NS(=O)(=O)C(F)(F)F)c2F)([CH]2C=CC=C2)[CH]2C=CC=C2)c1F)C(F)(F)F. The Bertz CT molecular complexity index is 1650. The van der Waals surface area contributed by atoms with Gasteiger partial charge in [0.25, 0.3) is 0 Å². The fourth-order valence-corrected chi connectivity index (χ4v) is 14.8. The van der Waals surface area contributed by atoms with Gasteiger partial charge in [-0.1, -0.05) is 0 Å². The minimum absolute atomic E-state index is 0.311. The zero-order valence-electron chi connectivity index (χ0n) is 20.8. The molecule has 2 aromatic rings. The van der Waals surface area contributed by atoms with Gasteiger partial charge in [0.2, 0.25) is 0 Å². The van der Waals surface area contributed by atoms with Crippen molar-refractivity contribution < 1.29 is 77.3 Å². The first-order valence-electron chi connectivity index (χ1n) is 11.6. The molecule has 4 rings (SSSR count). The van der Waals surface area contributed by atoms with Crippen LogP contribution in [0.3, 0.4) is 0 Å². The van der Waals surface area contributed by atoms with Gasteiger partial charge in [0, 0.05) is 0 Å². The van der Waals surface area contributed by atoms with Crippen LogP contribution in [0, 0.1) is 23.3 Å². The molecule has 2 aromatic carbocycles. The molecule has 232 valence electrons. The Morgan fingerprint density at radius 2 is 0.860 bits per heavy atom. The molecule has 0 atom stereocenters. The van der Waals surface area contributed by atoms with E-state index >= 15 is 17.6 Å². The molecule has 2 aliphatic rings. The quantitative estimate of drug-likeness (QED) is 0.274. The van der Waals surface area contributed by atoms with Gasteiger partial charge in [0.05, 0.1) is 0 Å². The second-order valence-corrected chi connectivity index (χ2v) is 18.8. The summed E-state index contributed by atoms with van der Waals surface area (Å²) < 4.78 is 186. The van der Waals surface area contributed by atoms with Crippen molar-refractivity contribution >= 4 is 39.2 Å². The first kappa shape index (κ1) is 32.8. The molecule has 2 N–H and O–H groups in total. The topological polar surface area (TPSA) is 92.3 Å². The molecule has 0 unspecified atom stereocenters. The van der Waals surface area contributed by atoms with Crippen molar-refractivity contribution in [2.24, 2.45) is 0 Å². The first-order valence-corrected chi connectivity index (χ1v) is 17.9. The van der Waals surface area contributed by atoms with Crippen LogP contribution in [0.15, 0.2) is 72.9 Å². The molecule has 19 heteroatoms. The second kappa shape index (κ2) is 11.1. The summed E-state index contributed by atoms with van der Waals surface area (Å²) >= 11 is -5.84. The van der Waals surface area contributed by atoms with E-state index in [1.165, 1.54) is 48.6 Å². The molecular weight excluding hydrogens is 682 g/mol. The maximum absolute atomic E-state index is 16.2. The van der Waals surface area contributed by atoms with Gasteiger partial charge in [-0.15, -0.1) is 0 Å². The number of alkyl halides is 6. The van der Waals surface area contributed by atoms with Gasteiger partial charge < -0.3 is 0 Å². The molecule has 0 radical (unpaired) electrons. The number of sulfonamides is 2. The molecule has 43 heavy (non-hydrogen) atoms. The Hall–Kier alpha value is -3.09. The third-order valence-corrected chi connectivity index (χ3v) is 17.4. The van der Waals surface area contributed by atoms with Crippen LogP contribution in [-0.4, -0.2) is 27.9 Å². The molecule has 0 fully saturated rings. The summed E-state index contributed by atoms with van der Waals surface area (Å²) in [6.45, 7) is 0. The molecule has 2 aliphatic carbocycles. The van der Waals surface area contributed by atoms with Crippen molar-refractivity contribution in [1.29, 1.82) is 0 Å². The monoisotopic (exact) mass is 698 g/mol. The van der Waals surface area contributed by atoms with Gasteiger partial charge in [-0.2, -0.15) is 0 Å². The van der Waals surface area contributed by atoms with Crippen LogP contribution < -0.4 is 17.2 Å². The van der Waals surface area contributed by atoms with Crippen molar-refractivity contribution in [1.82, 2.24) is 0 Å². The third-order valence-electron chi connectivity index (χ3n) is 6.66. The second-order valence-electron chi connectivity index (χ2n) is 9.13. The van der Waals surface area contributed by atoms with E-state index in [1.807, 2.05) is 0 Å². The van der Waals surface area contributed by atoms with Crippen molar-refractivity contribution in [3.63, 3.8) is 0 Å². The van der Waals surface area contributed by atoms with Gasteiger partial charge >= 0.3 is 242 Å². The van der Waals surface area contributed by atoms with E-state index in [2.05, 4.69) is 0 Å². The summed E-state index contributed by atoms with van der Waals surface area (Å²) in [6.07, 6.45) is 10.2. The summed E-state index contributed by atoms with van der Waals surface area (Å²) in [5.74, 6) is -7.05. The molecule has 0 spiro atoms. The number of allylic oxidation sites excluding steroid dienone is 8. The molecule has 0 bridgehead atoms. The summed E-state index contributed by atoms with van der Waals surface area (Å²) in [5, 5.41) is 0. The molecule has 0 saturated heterocycles. The Kier molecular flexibility index (Phi) is 8.49. The number of benzene rings is 2. The minimum atomic E-state index is -6.29. The predicted molar refractivity (Wildman–Crippen MR) is 133 cm³/mol. The normalized spacial score (nSPS) is 16.4. The Labute approximate surface area is 240 Å². The number of hydrogen-bond acceptors (Lipinski definition) is 4. The van der Waals surface area contributed by atoms with Gasteiger partial charge in [0.1, 0.15) is 0 Å². The van der Waals surface area contributed by atoms with E-state index < -0.39 is 98.5 Å². The van der Waals surface area contributed by atoms with Crippen LogP contribution in [0.5, 0.6) is 0 Å². The molecule has 0 aromatic heterocycles. The van der Waals surface area contributed by atoms with E-state index in [1.54, 1.807) is 0 Å². The third kappa shape index (κ3) is 5.65. The molecule has 0 amide bonds. The van der Waals surface area contributed by atoms with Gasteiger partial charge in [-0.3, -0.25) is 0 Å². The Morgan fingerprint density at radius 3 is 1.14 bits per heavy atom. The average Bonchev–Trinajstić information content (AvgIpc) is 3.60. The van der Waals surface area contributed by atoms with E-state index in [-0.39, 0.29) is 0 Å². The van der Waals surface area contributed by atoms with Gasteiger partial charge in [0.15, 0.2) is 0 Å². The Balaban J connectivity index is 2.13. The van der Waals surface area contributed by atoms with Crippen LogP contribution in [0.25, 0.3) is 0 Å². The summed E-state index contributed by atoms with van der Waals surface area (Å²) in [5.41, 5.74) is -14.8. The first-order chi connectivity index (χ1) is 19.8. The van der Waals surface area contributed by atoms with Gasteiger partial charge in [-0.05, 0) is 0 Å². The van der Waals surface area contributed by atoms with E-state index in [9.17, 15) is 43.2 Å². The average molecular weight is 698 g/mol. The standard InChI is InChI=1S/2C7H3F5NO2S.2C5H5.Ti/c2*8-4-1-2-6(5(9)3-4)13-16(14,15)7(10,11)12;2*1-2-4-5-3-1;/h2*1-2,13H;2*1-5H;. The maximum atomic E-state index is 16.2. The number of rotatable bonds is 8. The molecule has 0 aliphatic heterocycles. The predicted octanol–water partition coefficient (Wildman–Crippen LogP) is 5.70. The van der Waals surface area contributed by atoms with Crippen LogP contribution in [-0.2, 0) is 36.6 Å². The van der Waals surface area contributed by atoms with Crippen molar-refractivity contribution in [2.45, 2.75) is 19.5 Å². The number of hydrogen-bond donors (Lipinski definition) is 2. The fourth-order valence-electron chi connectivity index (χ4n) is 4.91. The fraction of sp³-hybridized carbons (Fsp3) is 0.167. The number of anilines is 2. The number of nitrogens with one attached hydrogen (secondary N) is 2. The van der Waals surface area contributed by atoms with E-state index in [4.69, 9.17) is 0 Å². The van der Waals surface area contributed by atoms with Crippen molar-refractivity contribution in [3.8, 4) is 0 Å². The molecule has 6 nitrogen and oxygen atoms in total. The van der Waals surface area contributed by atoms with Crippen LogP contribution in [0.1, 0.15) is 0 Å². The van der Waals surface area contributed by atoms with Crippen LogP contribution in [0.2, 0.25) is 8.45 Å². The van der Waals surface area contributed by atoms with Crippen molar-refractivity contribution in [2.75, 3.05) is 9.44 Å². The summed E-state index contributed by atoms with van der Waals surface area (Å²) in [6, 6.07) is 1.35. The molecular formula is C24H16F10N2O4S2Ti. The van der Waals surface area contributed by atoms with Crippen LogP contribution in [0.4, 0.5) is 55.3 Å². The Morgan fingerprint density at radius 1 is 0.558 bits per heavy atom. The summed E-state index contributed by atoms with van der Waals surface area (Å²) in [7, 11) is -12.6. The number of halogens is 10. The van der Waals surface area contributed by atoms with E-state index in [0.29, 0.717) is 24.3 Å². The van der Waals surface area contributed by atoms with Crippen LogP contribution >= 0.6 is 0 Å². The molecule has 0 saturated carbocycles. The van der Waals surface area contributed by atoms with Gasteiger partial charge in [-0.25, -0.2) is 0 Å².